The molecule has 5 nitrogen and oxygen atoms in total. The van der Waals surface area contributed by atoms with Gasteiger partial charge in [-0.2, -0.15) is 13.2 Å². The van der Waals surface area contributed by atoms with E-state index in [4.69, 9.17) is 10.5 Å². The average molecular weight is 303 g/mol. The van der Waals surface area contributed by atoms with Gasteiger partial charge in [-0.15, -0.1) is 0 Å². The van der Waals surface area contributed by atoms with E-state index in [1.54, 1.807) is 4.90 Å². The van der Waals surface area contributed by atoms with E-state index in [1.807, 2.05) is 6.92 Å². The lowest BCUT2D eigenvalue weighted by Crippen LogP contribution is -2.33. The highest BCUT2D eigenvalue weighted by atomic mass is 19.4. The van der Waals surface area contributed by atoms with Crippen LogP contribution in [0.25, 0.3) is 0 Å². The van der Waals surface area contributed by atoms with Crippen molar-refractivity contribution in [2.24, 2.45) is 5.73 Å². The second-order valence-electron chi connectivity index (χ2n) is 4.91. The Labute approximate surface area is 119 Å². The van der Waals surface area contributed by atoms with Crippen molar-refractivity contribution in [1.82, 2.24) is 4.98 Å². The maximum absolute atomic E-state index is 12.8. The summed E-state index contributed by atoms with van der Waals surface area (Å²) in [5.74, 6) is -0.835. The molecule has 0 aliphatic carbocycles. The minimum atomic E-state index is -4.57. The Morgan fingerprint density at radius 1 is 1.48 bits per heavy atom. The molecule has 0 aromatic carbocycles. The largest absolute Gasteiger partial charge is 0.433 e. The number of hydrogen-bond donors (Lipinski definition) is 1. The maximum atomic E-state index is 12.8. The molecule has 0 saturated carbocycles. The average Bonchev–Trinajstić information content (AvgIpc) is 2.61. The minimum Gasteiger partial charge on any atom is -0.377 e. The zero-order valence-electron chi connectivity index (χ0n) is 11.5. The van der Waals surface area contributed by atoms with Crippen LogP contribution in [-0.4, -0.2) is 36.7 Å². The molecule has 1 atom stereocenters. The molecule has 1 aromatic heterocycles. The maximum Gasteiger partial charge on any atom is 0.433 e. The van der Waals surface area contributed by atoms with Crippen molar-refractivity contribution >= 4 is 11.7 Å². The highest BCUT2D eigenvalue weighted by Crippen LogP contribution is 2.31. The normalized spacial score (nSPS) is 20.2. The second kappa shape index (κ2) is 5.88. The Hall–Kier alpha value is -1.83. The fourth-order valence-electron chi connectivity index (χ4n) is 2.23. The molecule has 0 radical (unpaired) electrons. The Morgan fingerprint density at radius 2 is 2.19 bits per heavy atom. The monoisotopic (exact) mass is 303 g/mol. The number of carbonyl (C=O) groups excluding carboxylic acids is 1. The summed E-state index contributed by atoms with van der Waals surface area (Å²) in [6, 6.07) is 1.84. The molecule has 2 rings (SSSR count). The minimum absolute atomic E-state index is 0.0166. The number of aromatic nitrogens is 1. The Bertz CT molecular complexity index is 534. The number of nitrogens with zero attached hydrogens (tertiary/aromatic N) is 2. The molecule has 2 heterocycles. The second-order valence-corrected chi connectivity index (χ2v) is 4.91. The number of primary amides is 1. The van der Waals surface area contributed by atoms with Crippen molar-refractivity contribution in [3.8, 4) is 0 Å². The molecular formula is C13H16F3N3O2. The fraction of sp³-hybridized carbons (Fsp3) is 0.538. The lowest BCUT2D eigenvalue weighted by atomic mass is 10.2. The van der Waals surface area contributed by atoms with E-state index in [2.05, 4.69) is 4.98 Å². The van der Waals surface area contributed by atoms with E-state index in [0.29, 0.717) is 26.1 Å². The van der Waals surface area contributed by atoms with E-state index < -0.39 is 17.8 Å². The first kappa shape index (κ1) is 15.6. The summed E-state index contributed by atoms with van der Waals surface area (Å²) < 4.78 is 43.9. The number of hydrogen-bond acceptors (Lipinski definition) is 4. The highest BCUT2D eigenvalue weighted by molar-refractivity contribution is 5.97. The van der Waals surface area contributed by atoms with E-state index in [-0.39, 0.29) is 17.5 Å². The quantitative estimate of drug-likeness (QED) is 0.905. The zero-order chi connectivity index (χ0) is 15.6. The van der Waals surface area contributed by atoms with Gasteiger partial charge in [-0.3, -0.25) is 4.79 Å². The third-order valence-corrected chi connectivity index (χ3v) is 3.18. The molecular weight excluding hydrogens is 287 g/mol. The number of alkyl halides is 3. The summed E-state index contributed by atoms with van der Waals surface area (Å²) in [5, 5.41) is 0. The molecule has 1 unspecified atom stereocenters. The predicted octanol–water partition coefficient (Wildman–Crippen LogP) is 1.81. The molecule has 116 valence electrons. The van der Waals surface area contributed by atoms with Crippen molar-refractivity contribution < 1.29 is 22.7 Å². The molecule has 0 spiro atoms. The van der Waals surface area contributed by atoms with E-state index in [1.165, 1.54) is 0 Å². The summed E-state index contributed by atoms with van der Waals surface area (Å²) in [6.45, 7) is 3.14. The van der Waals surface area contributed by atoms with Gasteiger partial charge in [0.05, 0.1) is 11.7 Å². The van der Waals surface area contributed by atoms with Crippen LogP contribution >= 0.6 is 0 Å². The zero-order valence-corrected chi connectivity index (χ0v) is 11.5. The van der Waals surface area contributed by atoms with Crippen molar-refractivity contribution in [3.63, 3.8) is 0 Å². The SMILES string of the molecule is CC1CN(c2nc(C(F)(F)F)ccc2C(N)=O)CCCO1. The summed E-state index contributed by atoms with van der Waals surface area (Å²) in [6.07, 6.45) is -4.09. The van der Waals surface area contributed by atoms with Crippen molar-refractivity contribution in [2.45, 2.75) is 25.6 Å². The van der Waals surface area contributed by atoms with Gasteiger partial charge < -0.3 is 15.4 Å². The van der Waals surface area contributed by atoms with Crippen LogP contribution in [0, 0.1) is 0 Å². The number of halogens is 3. The summed E-state index contributed by atoms with van der Waals surface area (Å²) in [7, 11) is 0. The van der Waals surface area contributed by atoms with Gasteiger partial charge >= 0.3 is 6.18 Å². The molecule has 1 aliphatic heterocycles. The molecule has 21 heavy (non-hydrogen) atoms. The smallest absolute Gasteiger partial charge is 0.377 e. The first-order valence-corrected chi connectivity index (χ1v) is 6.53. The lowest BCUT2D eigenvalue weighted by Gasteiger charge is -2.25. The molecule has 1 saturated heterocycles. The van der Waals surface area contributed by atoms with E-state index in [0.717, 1.165) is 12.1 Å². The molecule has 1 aliphatic rings. The van der Waals surface area contributed by atoms with Crippen LogP contribution in [0.2, 0.25) is 0 Å². The van der Waals surface area contributed by atoms with Gasteiger partial charge in [0, 0.05) is 19.7 Å². The number of amides is 1. The Balaban J connectivity index is 2.44. The molecule has 1 fully saturated rings. The van der Waals surface area contributed by atoms with Crippen molar-refractivity contribution in [1.29, 1.82) is 0 Å². The third kappa shape index (κ3) is 3.63. The third-order valence-electron chi connectivity index (χ3n) is 3.18. The predicted molar refractivity (Wildman–Crippen MR) is 70.0 cm³/mol. The molecule has 2 N–H and O–H groups in total. The molecule has 1 aromatic rings. The number of nitrogens with two attached hydrogens (primary N) is 1. The molecule has 0 bridgehead atoms. The lowest BCUT2D eigenvalue weighted by molar-refractivity contribution is -0.141. The number of ether oxygens (including phenoxy) is 1. The fourth-order valence-corrected chi connectivity index (χ4v) is 2.23. The Kier molecular flexibility index (Phi) is 4.36. The standard InChI is InChI=1S/C13H16F3N3O2/c1-8-7-19(5-2-6-21-8)12-9(11(17)20)3-4-10(18-12)13(14,15)16/h3-4,8H,2,5-7H2,1H3,(H2,17,20). The van der Waals surface area contributed by atoms with Crippen LogP contribution in [0.3, 0.4) is 0 Å². The Morgan fingerprint density at radius 3 is 2.81 bits per heavy atom. The van der Waals surface area contributed by atoms with Crippen LogP contribution in [0.15, 0.2) is 12.1 Å². The van der Waals surface area contributed by atoms with Gasteiger partial charge in [-0.1, -0.05) is 0 Å². The van der Waals surface area contributed by atoms with Crippen molar-refractivity contribution in [2.75, 3.05) is 24.6 Å². The highest BCUT2D eigenvalue weighted by Gasteiger charge is 2.34. The van der Waals surface area contributed by atoms with Gasteiger partial charge in [0.25, 0.3) is 5.91 Å². The van der Waals surface area contributed by atoms with Gasteiger partial charge in [-0.25, -0.2) is 4.98 Å². The number of carbonyl (C=O) groups is 1. The molecule has 1 amide bonds. The van der Waals surface area contributed by atoms with Crippen LogP contribution in [0.4, 0.5) is 19.0 Å². The summed E-state index contributed by atoms with van der Waals surface area (Å²) in [5.41, 5.74) is 4.18. The van der Waals surface area contributed by atoms with Crippen LogP contribution in [0.5, 0.6) is 0 Å². The summed E-state index contributed by atoms with van der Waals surface area (Å²) in [4.78, 5) is 16.7. The topological polar surface area (TPSA) is 68.5 Å². The van der Waals surface area contributed by atoms with Gasteiger partial charge in [0.15, 0.2) is 0 Å². The van der Waals surface area contributed by atoms with Gasteiger partial charge in [0.1, 0.15) is 11.5 Å². The van der Waals surface area contributed by atoms with Crippen LogP contribution < -0.4 is 10.6 Å². The number of pyridine rings is 1. The van der Waals surface area contributed by atoms with E-state index >= 15 is 0 Å². The van der Waals surface area contributed by atoms with Crippen LogP contribution in [-0.2, 0) is 10.9 Å². The van der Waals surface area contributed by atoms with Gasteiger partial charge in [0.2, 0.25) is 0 Å². The van der Waals surface area contributed by atoms with Gasteiger partial charge in [-0.05, 0) is 25.5 Å². The van der Waals surface area contributed by atoms with Crippen molar-refractivity contribution in [3.05, 3.63) is 23.4 Å². The van der Waals surface area contributed by atoms with Crippen LogP contribution in [0.1, 0.15) is 29.4 Å². The first-order chi connectivity index (χ1) is 9.79. The number of rotatable bonds is 2. The first-order valence-electron chi connectivity index (χ1n) is 6.53. The summed E-state index contributed by atoms with van der Waals surface area (Å²) >= 11 is 0. The number of anilines is 1. The van der Waals surface area contributed by atoms with E-state index in [9.17, 15) is 18.0 Å². The molecule has 8 heteroatoms.